The van der Waals surface area contributed by atoms with Gasteiger partial charge in [-0.3, -0.25) is 4.79 Å². The van der Waals surface area contributed by atoms with Crippen LogP contribution < -0.4 is 5.43 Å². The first-order valence-electron chi connectivity index (χ1n) is 5.54. The average Bonchev–Trinajstić information content (AvgIpc) is 2.30. The minimum Gasteiger partial charge on any atom is -0.462 e. The van der Waals surface area contributed by atoms with Crippen LogP contribution in [0, 0.1) is 6.92 Å². The van der Waals surface area contributed by atoms with Crippen LogP contribution in [0.2, 0.25) is 0 Å². The number of H-pyrrole nitrogens is 1. The molecule has 1 aromatic heterocycles. The van der Waals surface area contributed by atoms with Gasteiger partial charge in [0.15, 0.2) is 5.43 Å². The lowest BCUT2D eigenvalue weighted by atomic mass is 10.1. The zero-order valence-electron chi connectivity index (χ0n) is 10.0. The molecule has 0 saturated heterocycles. The number of hydrogen-bond acceptors (Lipinski definition) is 3. The number of nitrogens with one attached hydrogen (secondary N) is 1. The lowest BCUT2D eigenvalue weighted by Gasteiger charge is -2.08. The molecule has 0 aliphatic carbocycles. The lowest BCUT2D eigenvalue weighted by Crippen LogP contribution is -2.12. The van der Waals surface area contributed by atoms with E-state index in [0.29, 0.717) is 10.9 Å². The second-order valence-corrected chi connectivity index (χ2v) is 4.74. The molecule has 0 radical (unpaired) electrons. The summed E-state index contributed by atoms with van der Waals surface area (Å²) in [5, 5.41) is 0.355. The van der Waals surface area contributed by atoms with E-state index in [1.54, 1.807) is 26.0 Å². The molecule has 0 fully saturated rings. The summed E-state index contributed by atoms with van der Waals surface area (Å²) in [5.41, 5.74) is 1.46. The van der Waals surface area contributed by atoms with Crippen molar-refractivity contribution in [1.29, 1.82) is 0 Å². The molecule has 1 aromatic carbocycles. The van der Waals surface area contributed by atoms with Crippen molar-refractivity contribution >= 4 is 32.8 Å². The minimum absolute atomic E-state index is 0.189. The maximum Gasteiger partial charge on any atom is 0.338 e. The molecule has 94 valence electrons. The Morgan fingerprint density at radius 1 is 1.44 bits per heavy atom. The Balaban J connectivity index is 2.81. The van der Waals surface area contributed by atoms with Crippen LogP contribution in [0.4, 0.5) is 0 Å². The molecular formula is C13H12BrNO3. The Labute approximate surface area is 112 Å². The normalized spacial score (nSPS) is 10.6. The van der Waals surface area contributed by atoms with Crippen LogP contribution in [0.3, 0.4) is 0 Å². The summed E-state index contributed by atoms with van der Waals surface area (Å²) in [4.78, 5) is 26.9. The van der Waals surface area contributed by atoms with Gasteiger partial charge in [0.05, 0.1) is 23.1 Å². The number of fused-ring (bicyclic) bond motifs is 1. The fourth-order valence-electron chi connectivity index (χ4n) is 1.84. The Kier molecular flexibility index (Phi) is 3.52. The molecule has 0 bridgehead atoms. The second kappa shape index (κ2) is 4.94. The number of benzene rings is 1. The largest absolute Gasteiger partial charge is 0.462 e. The van der Waals surface area contributed by atoms with Crippen LogP contribution in [0.25, 0.3) is 10.9 Å². The van der Waals surface area contributed by atoms with E-state index in [0.717, 1.165) is 10.2 Å². The molecule has 4 nitrogen and oxygen atoms in total. The van der Waals surface area contributed by atoms with Gasteiger partial charge in [-0.25, -0.2) is 4.79 Å². The SMILES string of the molecule is CCOC(=O)c1ccc(Br)c2[nH]c(C)cc(=O)c12. The number of aromatic amines is 1. The lowest BCUT2D eigenvalue weighted by molar-refractivity contribution is 0.0528. The highest BCUT2D eigenvalue weighted by Crippen LogP contribution is 2.23. The Bertz CT molecular complexity index is 676. The highest BCUT2D eigenvalue weighted by atomic mass is 79.9. The number of hydrogen-bond donors (Lipinski definition) is 1. The van der Waals surface area contributed by atoms with Crippen LogP contribution in [-0.2, 0) is 4.74 Å². The van der Waals surface area contributed by atoms with Crippen molar-refractivity contribution < 1.29 is 9.53 Å². The van der Waals surface area contributed by atoms with Crippen LogP contribution in [0.1, 0.15) is 23.0 Å². The molecule has 0 atom stereocenters. The van der Waals surface area contributed by atoms with Crippen molar-refractivity contribution in [1.82, 2.24) is 4.98 Å². The van der Waals surface area contributed by atoms with Gasteiger partial charge in [0.25, 0.3) is 0 Å². The molecule has 18 heavy (non-hydrogen) atoms. The molecule has 0 unspecified atom stereocenters. The standard InChI is InChI=1S/C13H12BrNO3/c1-3-18-13(17)8-4-5-9(14)12-11(8)10(16)6-7(2)15-12/h4-6H,3H2,1-2H3,(H,15,16). The Hall–Kier alpha value is -1.62. The molecule has 0 saturated carbocycles. The van der Waals surface area contributed by atoms with E-state index < -0.39 is 5.97 Å². The number of carbonyl (C=O) groups excluding carboxylic acids is 1. The molecule has 0 amide bonds. The summed E-state index contributed by atoms with van der Waals surface area (Å²) in [6.45, 7) is 3.80. The van der Waals surface area contributed by atoms with Gasteiger partial charge in [-0.15, -0.1) is 0 Å². The van der Waals surface area contributed by atoms with Gasteiger partial charge in [0, 0.05) is 16.2 Å². The molecule has 5 heteroatoms. The third-order valence-electron chi connectivity index (χ3n) is 2.57. The number of rotatable bonds is 2. The maximum atomic E-state index is 12.0. The molecule has 2 rings (SSSR count). The molecule has 0 aliphatic rings. The molecule has 2 aromatic rings. The summed E-state index contributed by atoms with van der Waals surface area (Å²) in [5.74, 6) is -0.482. The van der Waals surface area contributed by atoms with Crippen LogP contribution in [-0.4, -0.2) is 17.6 Å². The molecule has 0 aliphatic heterocycles. The molecule has 0 spiro atoms. The van der Waals surface area contributed by atoms with Gasteiger partial charge < -0.3 is 9.72 Å². The van der Waals surface area contributed by atoms with Gasteiger partial charge in [-0.1, -0.05) is 0 Å². The van der Waals surface area contributed by atoms with Crippen molar-refractivity contribution in [2.24, 2.45) is 0 Å². The number of ether oxygens (including phenoxy) is 1. The fourth-order valence-corrected chi connectivity index (χ4v) is 2.27. The van der Waals surface area contributed by atoms with Gasteiger partial charge >= 0.3 is 5.97 Å². The number of halogens is 1. The number of carbonyl (C=O) groups is 1. The van der Waals surface area contributed by atoms with Gasteiger partial charge in [-0.05, 0) is 41.9 Å². The predicted molar refractivity (Wildman–Crippen MR) is 73.0 cm³/mol. The van der Waals surface area contributed by atoms with E-state index in [2.05, 4.69) is 20.9 Å². The monoisotopic (exact) mass is 309 g/mol. The third-order valence-corrected chi connectivity index (χ3v) is 3.23. The quantitative estimate of drug-likeness (QED) is 0.868. The first-order chi connectivity index (χ1) is 8.54. The van der Waals surface area contributed by atoms with Gasteiger partial charge in [0.2, 0.25) is 0 Å². The Morgan fingerprint density at radius 2 is 2.17 bits per heavy atom. The number of esters is 1. The predicted octanol–water partition coefficient (Wildman–Crippen LogP) is 2.78. The van der Waals surface area contributed by atoms with Crippen LogP contribution >= 0.6 is 15.9 Å². The van der Waals surface area contributed by atoms with Crippen molar-refractivity contribution in [2.75, 3.05) is 6.61 Å². The summed E-state index contributed by atoms with van der Waals surface area (Å²) < 4.78 is 5.70. The smallest absolute Gasteiger partial charge is 0.338 e. The van der Waals surface area contributed by atoms with E-state index in [4.69, 9.17) is 4.74 Å². The number of pyridine rings is 1. The Morgan fingerprint density at radius 3 is 2.83 bits per heavy atom. The summed E-state index contributed by atoms with van der Waals surface area (Å²) in [7, 11) is 0. The fraction of sp³-hybridized carbons (Fsp3) is 0.231. The molecule has 1 heterocycles. The van der Waals surface area contributed by atoms with E-state index in [1.807, 2.05) is 0 Å². The van der Waals surface area contributed by atoms with Crippen molar-refractivity contribution in [2.45, 2.75) is 13.8 Å². The summed E-state index contributed by atoms with van der Waals surface area (Å²) in [6, 6.07) is 4.79. The zero-order chi connectivity index (χ0) is 13.3. The molecule has 1 N–H and O–H groups in total. The van der Waals surface area contributed by atoms with E-state index >= 15 is 0 Å². The highest BCUT2D eigenvalue weighted by Gasteiger charge is 2.15. The van der Waals surface area contributed by atoms with Gasteiger partial charge in [0.1, 0.15) is 0 Å². The van der Waals surface area contributed by atoms with Crippen molar-refractivity contribution in [3.8, 4) is 0 Å². The summed E-state index contributed by atoms with van der Waals surface area (Å²) >= 11 is 3.37. The van der Waals surface area contributed by atoms with Crippen molar-refractivity contribution in [3.05, 3.63) is 44.2 Å². The van der Waals surface area contributed by atoms with Gasteiger partial charge in [-0.2, -0.15) is 0 Å². The van der Waals surface area contributed by atoms with E-state index in [-0.39, 0.29) is 17.6 Å². The maximum absolute atomic E-state index is 12.0. The average molecular weight is 310 g/mol. The van der Waals surface area contributed by atoms with E-state index in [9.17, 15) is 9.59 Å². The second-order valence-electron chi connectivity index (χ2n) is 3.88. The first kappa shape index (κ1) is 12.8. The first-order valence-corrected chi connectivity index (χ1v) is 6.33. The summed E-state index contributed by atoms with van der Waals surface area (Å²) in [6.07, 6.45) is 0. The topological polar surface area (TPSA) is 59.2 Å². The van der Waals surface area contributed by atoms with E-state index in [1.165, 1.54) is 6.07 Å². The molecular weight excluding hydrogens is 298 g/mol. The third kappa shape index (κ3) is 2.18. The van der Waals surface area contributed by atoms with Crippen LogP contribution in [0.5, 0.6) is 0 Å². The van der Waals surface area contributed by atoms with Crippen LogP contribution in [0.15, 0.2) is 27.5 Å². The number of aryl methyl sites for hydroxylation is 1. The highest BCUT2D eigenvalue weighted by molar-refractivity contribution is 9.10. The minimum atomic E-state index is -0.482. The number of aromatic nitrogens is 1. The van der Waals surface area contributed by atoms with Crippen molar-refractivity contribution in [3.63, 3.8) is 0 Å². The zero-order valence-corrected chi connectivity index (χ0v) is 11.6.